The molecule has 6 nitrogen and oxygen atoms in total. The number of carbonyl (C=O) groups is 1. The SMILES string of the molecule is Cc1nc(OCCNC(=O)c2ccccc2C)cc(N2CCCC2)n1. The van der Waals surface area contributed by atoms with E-state index in [0.717, 1.165) is 24.5 Å². The minimum absolute atomic E-state index is 0.0849. The van der Waals surface area contributed by atoms with Gasteiger partial charge in [-0.25, -0.2) is 4.98 Å². The van der Waals surface area contributed by atoms with Crippen molar-refractivity contribution in [2.24, 2.45) is 0 Å². The lowest BCUT2D eigenvalue weighted by atomic mass is 10.1. The van der Waals surface area contributed by atoms with Crippen LogP contribution in [0.15, 0.2) is 30.3 Å². The monoisotopic (exact) mass is 340 g/mol. The van der Waals surface area contributed by atoms with Crippen molar-refractivity contribution in [2.75, 3.05) is 31.1 Å². The molecule has 0 atom stereocenters. The molecule has 1 aliphatic rings. The second kappa shape index (κ2) is 7.96. The lowest BCUT2D eigenvalue weighted by Crippen LogP contribution is -2.28. The summed E-state index contributed by atoms with van der Waals surface area (Å²) in [5.74, 6) is 2.09. The third-order valence-electron chi connectivity index (χ3n) is 4.26. The molecule has 2 heterocycles. The number of ether oxygens (including phenoxy) is 1. The van der Waals surface area contributed by atoms with Crippen molar-refractivity contribution in [1.82, 2.24) is 15.3 Å². The maximum Gasteiger partial charge on any atom is 0.251 e. The number of carbonyl (C=O) groups excluding carboxylic acids is 1. The van der Waals surface area contributed by atoms with Crippen LogP contribution in [0.5, 0.6) is 5.88 Å². The molecule has 3 rings (SSSR count). The van der Waals surface area contributed by atoms with Crippen LogP contribution in [0.2, 0.25) is 0 Å². The Morgan fingerprint density at radius 2 is 1.96 bits per heavy atom. The van der Waals surface area contributed by atoms with E-state index in [2.05, 4.69) is 20.2 Å². The Morgan fingerprint density at radius 1 is 1.20 bits per heavy atom. The lowest BCUT2D eigenvalue weighted by Gasteiger charge is -2.17. The van der Waals surface area contributed by atoms with E-state index < -0.39 is 0 Å². The fraction of sp³-hybridized carbons (Fsp3) is 0.421. The third kappa shape index (κ3) is 4.47. The summed E-state index contributed by atoms with van der Waals surface area (Å²) in [7, 11) is 0. The number of nitrogens with zero attached hydrogens (tertiary/aromatic N) is 3. The number of amides is 1. The minimum atomic E-state index is -0.0849. The van der Waals surface area contributed by atoms with Crippen LogP contribution in [0.1, 0.15) is 34.6 Å². The number of nitrogens with one attached hydrogen (secondary N) is 1. The molecule has 1 aromatic carbocycles. The highest BCUT2D eigenvalue weighted by Gasteiger charge is 2.15. The average Bonchev–Trinajstić information content (AvgIpc) is 3.13. The number of benzene rings is 1. The van der Waals surface area contributed by atoms with Crippen LogP contribution in [0.3, 0.4) is 0 Å². The Labute approximate surface area is 148 Å². The van der Waals surface area contributed by atoms with Crippen LogP contribution in [-0.2, 0) is 0 Å². The van der Waals surface area contributed by atoms with Gasteiger partial charge in [-0.05, 0) is 38.3 Å². The van der Waals surface area contributed by atoms with Gasteiger partial charge in [0.1, 0.15) is 18.2 Å². The van der Waals surface area contributed by atoms with E-state index in [0.29, 0.717) is 30.4 Å². The van der Waals surface area contributed by atoms with E-state index in [4.69, 9.17) is 4.74 Å². The first-order valence-corrected chi connectivity index (χ1v) is 8.71. The van der Waals surface area contributed by atoms with Crippen LogP contribution >= 0.6 is 0 Å². The zero-order valence-corrected chi connectivity index (χ0v) is 14.8. The second-order valence-electron chi connectivity index (χ2n) is 6.23. The summed E-state index contributed by atoms with van der Waals surface area (Å²) in [4.78, 5) is 23.2. The van der Waals surface area contributed by atoms with Gasteiger partial charge in [0.2, 0.25) is 5.88 Å². The van der Waals surface area contributed by atoms with Crippen LogP contribution < -0.4 is 15.0 Å². The van der Waals surface area contributed by atoms with Crippen LogP contribution in [0.4, 0.5) is 5.82 Å². The van der Waals surface area contributed by atoms with Crippen LogP contribution in [0, 0.1) is 13.8 Å². The van der Waals surface area contributed by atoms with E-state index in [1.54, 1.807) is 0 Å². The van der Waals surface area contributed by atoms with Crippen LogP contribution in [-0.4, -0.2) is 42.1 Å². The number of rotatable bonds is 6. The minimum Gasteiger partial charge on any atom is -0.476 e. The molecule has 1 amide bonds. The molecule has 1 N–H and O–H groups in total. The zero-order valence-electron chi connectivity index (χ0n) is 14.8. The Kier molecular flexibility index (Phi) is 5.48. The summed E-state index contributed by atoms with van der Waals surface area (Å²) < 4.78 is 5.71. The Hall–Kier alpha value is -2.63. The maximum absolute atomic E-state index is 12.2. The normalized spacial score (nSPS) is 13.8. The molecular weight excluding hydrogens is 316 g/mol. The third-order valence-corrected chi connectivity index (χ3v) is 4.26. The van der Waals surface area contributed by atoms with E-state index in [-0.39, 0.29) is 5.91 Å². The highest BCUT2D eigenvalue weighted by Crippen LogP contribution is 2.21. The smallest absolute Gasteiger partial charge is 0.251 e. The van der Waals surface area contributed by atoms with E-state index in [1.165, 1.54) is 12.8 Å². The predicted molar refractivity (Wildman–Crippen MR) is 97.2 cm³/mol. The number of anilines is 1. The van der Waals surface area contributed by atoms with Gasteiger partial charge in [0.25, 0.3) is 5.91 Å². The predicted octanol–water partition coefficient (Wildman–Crippen LogP) is 2.50. The maximum atomic E-state index is 12.2. The topological polar surface area (TPSA) is 67.3 Å². The van der Waals surface area contributed by atoms with Gasteiger partial charge >= 0.3 is 0 Å². The molecule has 6 heteroatoms. The molecule has 0 aliphatic carbocycles. The molecule has 1 aliphatic heterocycles. The first kappa shape index (κ1) is 17.2. The Balaban J connectivity index is 1.52. The summed E-state index contributed by atoms with van der Waals surface area (Å²) in [5, 5.41) is 2.88. The summed E-state index contributed by atoms with van der Waals surface area (Å²) in [6.07, 6.45) is 2.40. The van der Waals surface area contributed by atoms with Crippen molar-refractivity contribution in [3.05, 3.63) is 47.3 Å². The number of aryl methyl sites for hydroxylation is 2. The first-order valence-electron chi connectivity index (χ1n) is 8.71. The quantitative estimate of drug-likeness (QED) is 0.819. The number of hydrogen-bond donors (Lipinski definition) is 1. The molecular formula is C19H24N4O2. The molecule has 0 spiro atoms. The summed E-state index contributed by atoms with van der Waals surface area (Å²) in [6, 6.07) is 9.41. The highest BCUT2D eigenvalue weighted by molar-refractivity contribution is 5.95. The standard InChI is InChI=1S/C19H24N4O2/c1-14-7-3-4-8-16(14)19(24)20-9-12-25-18-13-17(21-15(2)22-18)23-10-5-6-11-23/h3-4,7-8,13H,5-6,9-12H2,1-2H3,(H,20,24). The van der Waals surface area contributed by atoms with Gasteiger partial charge in [-0.1, -0.05) is 18.2 Å². The van der Waals surface area contributed by atoms with Crippen molar-refractivity contribution in [3.8, 4) is 5.88 Å². The van der Waals surface area contributed by atoms with Crippen molar-refractivity contribution in [2.45, 2.75) is 26.7 Å². The van der Waals surface area contributed by atoms with E-state index >= 15 is 0 Å². The molecule has 1 saturated heterocycles. The van der Waals surface area contributed by atoms with Gasteiger partial charge < -0.3 is 15.0 Å². The van der Waals surface area contributed by atoms with Crippen LogP contribution in [0.25, 0.3) is 0 Å². The molecule has 25 heavy (non-hydrogen) atoms. The fourth-order valence-electron chi connectivity index (χ4n) is 2.95. The molecule has 1 aromatic heterocycles. The Morgan fingerprint density at radius 3 is 2.72 bits per heavy atom. The van der Waals surface area contributed by atoms with Crippen molar-refractivity contribution >= 4 is 11.7 Å². The summed E-state index contributed by atoms with van der Waals surface area (Å²) in [5.41, 5.74) is 1.65. The van der Waals surface area contributed by atoms with E-state index in [1.807, 2.05) is 44.2 Å². The number of aromatic nitrogens is 2. The van der Waals surface area contributed by atoms with E-state index in [9.17, 15) is 4.79 Å². The van der Waals surface area contributed by atoms with Gasteiger partial charge in [0, 0.05) is 24.7 Å². The largest absolute Gasteiger partial charge is 0.476 e. The van der Waals surface area contributed by atoms with Crippen molar-refractivity contribution < 1.29 is 9.53 Å². The number of hydrogen-bond acceptors (Lipinski definition) is 5. The highest BCUT2D eigenvalue weighted by atomic mass is 16.5. The second-order valence-corrected chi connectivity index (χ2v) is 6.23. The summed E-state index contributed by atoms with van der Waals surface area (Å²) in [6.45, 7) is 6.65. The molecule has 1 fully saturated rings. The summed E-state index contributed by atoms with van der Waals surface area (Å²) >= 11 is 0. The molecule has 132 valence electrons. The molecule has 0 bridgehead atoms. The average molecular weight is 340 g/mol. The molecule has 0 saturated carbocycles. The Bertz CT molecular complexity index is 742. The van der Waals surface area contributed by atoms with Gasteiger partial charge in [0.15, 0.2) is 0 Å². The van der Waals surface area contributed by atoms with Crippen molar-refractivity contribution in [3.63, 3.8) is 0 Å². The van der Waals surface area contributed by atoms with Gasteiger partial charge in [-0.15, -0.1) is 0 Å². The lowest BCUT2D eigenvalue weighted by molar-refractivity contribution is 0.0946. The molecule has 2 aromatic rings. The molecule has 0 radical (unpaired) electrons. The van der Waals surface area contributed by atoms with Gasteiger partial charge in [-0.3, -0.25) is 4.79 Å². The fourth-order valence-corrected chi connectivity index (χ4v) is 2.95. The van der Waals surface area contributed by atoms with Gasteiger partial charge in [-0.2, -0.15) is 4.98 Å². The van der Waals surface area contributed by atoms with Crippen molar-refractivity contribution in [1.29, 1.82) is 0 Å². The molecule has 0 unspecified atom stereocenters. The first-order chi connectivity index (χ1) is 12.1. The van der Waals surface area contributed by atoms with Gasteiger partial charge in [0.05, 0.1) is 6.54 Å². The zero-order chi connectivity index (χ0) is 17.6.